The van der Waals surface area contributed by atoms with Crippen LogP contribution in [0.3, 0.4) is 0 Å². The summed E-state index contributed by atoms with van der Waals surface area (Å²) in [6.45, 7) is 0.916. The van der Waals surface area contributed by atoms with Crippen LogP contribution in [0, 0.1) is 0 Å². The molecule has 8 nitrogen and oxygen atoms in total. The largest absolute Gasteiger partial charge is 0.480 e. The average Bonchev–Trinajstić information content (AvgIpc) is 3.18. The fraction of sp³-hybridized carbons (Fsp3) is 0.750. The lowest BCUT2D eigenvalue weighted by molar-refractivity contribution is -0.149. The van der Waals surface area contributed by atoms with Crippen LogP contribution >= 0.6 is 22.6 Å². The van der Waals surface area contributed by atoms with E-state index in [-0.39, 0.29) is 24.7 Å². The van der Waals surface area contributed by atoms with Crippen LogP contribution in [0.25, 0.3) is 0 Å². The lowest BCUT2D eigenvalue weighted by atomic mass is 10.1. The van der Waals surface area contributed by atoms with Gasteiger partial charge in [-0.1, -0.05) is 0 Å². The summed E-state index contributed by atoms with van der Waals surface area (Å²) in [6.07, 6.45) is 3.69. The van der Waals surface area contributed by atoms with Crippen LogP contribution in [0.2, 0.25) is 0 Å². The maximum Gasteiger partial charge on any atom is 0.340 e. The second kappa shape index (κ2) is 8.33. The number of nitrogens with zero attached hydrogens (tertiary/aromatic N) is 2. The molecular weight excluding hydrogens is 443 g/mol. The van der Waals surface area contributed by atoms with E-state index in [1.165, 1.54) is 9.80 Å². The smallest absolute Gasteiger partial charge is 0.340 e. The molecule has 0 saturated carbocycles. The third-order valence-electron chi connectivity index (χ3n) is 4.84. The summed E-state index contributed by atoms with van der Waals surface area (Å²) in [6, 6.07) is -0.728. The highest BCUT2D eigenvalue weighted by Crippen LogP contribution is 2.36. The van der Waals surface area contributed by atoms with Crippen LogP contribution in [0.4, 0.5) is 0 Å². The zero-order valence-electron chi connectivity index (χ0n) is 13.9. The predicted octanol–water partition coefficient (Wildman–Crippen LogP) is 1.46. The van der Waals surface area contributed by atoms with Gasteiger partial charge in [0.15, 0.2) is 3.55 Å². The van der Waals surface area contributed by atoms with E-state index in [0.29, 0.717) is 51.6 Å². The van der Waals surface area contributed by atoms with E-state index >= 15 is 0 Å². The molecule has 0 aromatic heterocycles. The molecule has 2 amide bonds. The number of carboxylic acid groups (broad SMARTS) is 2. The molecule has 2 fully saturated rings. The molecule has 2 N–H and O–H groups in total. The van der Waals surface area contributed by atoms with E-state index < -0.39 is 21.5 Å². The fourth-order valence-electron chi connectivity index (χ4n) is 3.48. The van der Waals surface area contributed by atoms with Gasteiger partial charge in [0.2, 0.25) is 11.8 Å². The maximum atomic E-state index is 12.3. The number of halogens is 1. The third kappa shape index (κ3) is 4.42. The third-order valence-corrected chi connectivity index (χ3v) is 6.42. The molecule has 0 radical (unpaired) electrons. The molecule has 2 unspecified atom stereocenters. The van der Waals surface area contributed by atoms with Gasteiger partial charge in [0.25, 0.3) is 0 Å². The van der Waals surface area contributed by atoms with E-state index in [2.05, 4.69) is 0 Å². The summed E-state index contributed by atoms with van der Waals surface area (Å²) in [5.74, 6) is -2.36. The zero-order valence-corrected chi connectivity index (χ0v) is 16.1. The van der Waals surface area contributed by atoms with Crippen LogP contribution < -0.4 is 0 Å². The molecule has 0 aromatic rings. The molecule has 2 aliphatic rings. The van der Waals surface area contributed by atoms with E-state index in [1.807, 2.05) is 22.6 Å². The van der Waals surface area contributed by atoms with Crippen molar-refractivity contribution in [2.24, 2.45) is 0 Å². The summed E-state index contributed by atoms with van der Waals surface area (Å²) in [5, 5.41) is 18.4. The quantitative estimate of drug-likeness (QED) is 0.254. The highest BCUT2D eigenvalue weighted by Gasteiger charge is 2.47. The average molecular weight is 466 g/mol. The van der Waals surface area contributed by atoms with Crippen molar-refractivity contribution in [2.45, 2.75) is 61.0 Å². The van der Waals surface area contributed by atoms with Gasteiger partial charge in [-0.05, 0) is 61.1 Å². The zero-order chi connectivity index (χ0) is 18.6. The Hall–Kier alpha value is -1.39. The van der Waals surface area contributed by atoms with E-state index in [1.54, 1.807) is 0 Å². The van der Waals surface area contributed by atoms with Crippen molar-refractivity contribution >= 4 is 46.3 Å². The molecule has 140 valence electrons. The topological polar surface area (TPSA) is 115 Å². The number of amides is 2. The first-order chi connectivity index (χ1) is 11.8. The first kappa shape index (κ1) is 19.9. The van der Waals surface area contributed by atoms with Gasteiger partial charge in [0.1, 0.15) is 6.04 Å². The van der Waals surface area contributed by atoms with Gasteiger partial charge in [-0.3, -0.25) is 9.59 Å². The molecule has 0 aliphatic carbocycles. The number of likely N-dealkylation sites (tertiary alicyclic amines) is 2. The molecule has 2 atom stereocenters. The normalized spacial score (nSPS) is 26.0. The Balaban J connectivity index is 1.76. The molecule has 9 heteroatoms. The number of alkyl halides is 1. The number of hydrogen-bond donors (Lipinski definition) is 2. The second-order valence-electron chi connectivity index (χ2n) is 6.50. The first-order valence-corrected chi connectivity index (χ1v) is 9.60. The van der Waals surface area contributed by atoms with Crippen molar-refractivity contribution < 1.29 is 29.4 Å². The van der Waals surface area contributed by atoms with Gasteiger partial charge < -0.3 is 20.0 Å². The molecule has 2 saturated heterocycles. The monoisotopic (exact) mass is 466 g/mol. The van der Waals surface area contributed by atoms with Crippen molar-refractivity contribution in [3.8, 4) is 0 Å². The lowest BCUT2D eigenvalue weighted by Crippen LogP contribution is -2.48. The molecule has 25 heavy (non-hydrogen) atoms. The Morgan fingerprint density at radius 3 is 2.24 bits per heavy atom. The Morgan fingerprint density at radius 1 is 1.00 bits per heavy atom. The van der Waals surface area contributed by atoms with Crippen molar-refractivity contribution in [3.05, 3.63) is 0 Å². The number of hydrogen-bond acceptors (Lipinski definition) is 4. The highest BCUT2D eigenvalue weighted by atomic mass is 127. The van der Waals surface area contributed by atoms with Crippen molar-refractivity contribution in [2.75, 3.05) is 13.1 Å². The summed E-state index contributed by atoms with van der Waals surface area (Å²) in [7, 11) is 0. The summed E-state index contributed by atoms with van der Waals surface area (Å²) in [5.41, 5.74) is 0. The Labute approximate surface area is 159 Å². The Kier molecular flexibility index (Phi) is 6.64. The van der Waals surface area contributed by atoms with Gasteiger partial charge >= 0.3 is 11.9 Å². The van der Waals surface area contributed by atoms with Crippen LogP contribution in [0.1, 0.15) is 51.4 Å². The molecule has 0 aromatic carbocycles. The predicted molar refractivity (Wildman–Crippen MR) is 96.2 cm³/mol. The number of carbonyl (C=O) groups is 4. The minimum atomic E-state index is -1.16. The van der Waals surface area contributed by atoms with Gasteiger partial charge in [0.05, 0.1) is 0 Å². The van der Waals surface area contributed by atoms with Crippen LogP contribution in [0.5, 0.6) is 0 Å². The lowest BCUT2D eigenvalue weighted by Gasteiger charge is -2.29. The summed E-state index contributed by atoms with van der Waals surface area (Å²) < 4.78 is -1.16. The number of aliphatic carboxylic acids is 2. The molecule has 2 aliphatic heterocycles. The van der Waals surface area contributed by atoms with Crippen LogP contribution in [-0.2, 0) is 19.2 Å². The molecule has 2 rings (SSSR count). The van der Waals surface area contributed by atoms with E-state index in [9.17, 15) is 24.3 Å². The highest BCUT2D eigenvalue weighted by molar-refractivity contribution is 14.1. The van der Waals surface area contributed by atoms with Crippen molar-refractivity contribution in [1.29, 1.82) is 0 Å². The standard InChI is InChI=1S/C16H23IN2O6/c17-16(15(24)25)8-4-10-19(16)13(21)7-2-1-6-12(20)18-9-3-5-11(18)14(22)23/h11H,1-10H2,(H,22,23)(H,24,25). The van der Waals surface area contributed by atoms with Crippen LogP contribution in [-0.4, -0.2) is 66.4 Å². The Morgan fingerprint density at radius 2 is 1.64 bits per heavy atom. The first-order valence-electron chi connectivity index (χ1n) is 8.52. The SMILES string of the molecule is O=C(O)C1CCCN1C(=O)CCCCC(=O)N1CCCC1(I)C(=O)O. The minimum Gasteiger partial charge on any atom is -0.480 e. The maximum absolute atomic E-state index is 12.3. The van der Waals surface area contributed by atoms with Gasteiger partial charge in [-0.25, -0.2) is 9.59 Å². The van der Waals surface area contributed by atoms with Gasteiger partial charge in [-0.2, -0.15) is 0 Å². The van der Waals surface area contributed by atoms with Crippen molar-refractivity contribution in [3.63, 3.8) is 0 Å². The number of rotatable bonds is 7. The fourth-order valence-corrected chi connectivity index (χ4v) is 4.37. The number of carbonyl (C=O) groups excluding carboxylic acids is 2. The summed E-state index contributed by atoms with van der Waals surface area (Å²) >= 11 is 1.83. The van der Waals surface area contributed by atoms with E-state index in [4.69, 9.17) is 5.11 Å². The number of unbranched alkanes of at least 4 members (excludes halogenated alkanes) is 1. The number of carboxylic acids is 2. The molecular formula is C16H23IN2O6. The molecule has 0 spiro atoms. The molecule has 0 bridgehead atoms. The minimum absolute atomic E-state index is 0.188. The van der Waals surface area contributed by atoms with E-state index in [0.717, 1.165) is 0 Å². The van der Waals surface area contributed by atoms with Gasteiger partial charge in [-0.15, -0.1) is 0 Å². The Bertz CT molecular complexity index is 569. The van der Waals surface area contributed by atoms with Gasteiger partial charge in [0, 0.05) is 25.9 Å². The second-order valence-corrected chi connectivity index (χ2v) is 8.29. The summed E-state index contributed by atoms with van der Waals surface area (Å²) in [4.78, 5) is 49.8. The van der Waals surface area contributed by atoms with Crippen LogP contribution in [0.15, 0.2) is 0 Å². The van der Waals surface area contributed by atoms with Crippen molar-refractivity contribution in [1.82, 2.24) is 9.80 Å². The molecule has 2 heterocycles.